The van der Waals surface area contributed by atoms with Crippen molar-refractivity contribution in [3.63, 3.8) is 0 Å². The van der Waals surface area contributed by atoms with Crippen LogP contribution in [-0.4, -0.2) is 84.8 Å². The van der Waals surface area contributed by atoms with Crippen molar-refractivity contribution in [1.82, 2.24) is 14.7 Å². The van der Waals surface area contributed by atoms with Crippen LogP contribution in [0.3, 0.4) is 0 Å². The number of carbonyl (C=O) groups is 3. The molecule has 3 amide bonds. The molecule has 3 heterocycles. The number of hydrogen-bond acceptors (Lipinski definition) is 5. The van der Waals surface area contributed by atoms with Crippen LogP contribution in [0.2, 0.25) is 0 Å². The summed E-state index contributed by atoms with van der Waals surface area (Å²) in [6.45, 7) is 15.2. The molecular weight excluding hydrogens is 570 g/mol. The minimum atomic E-state index is -0.723. The second kappa shape index (κ2) is 13.4. The molecule has 4 aliphatic rings. The van der Waals surface area contributed by atoms with E-state index < -0.39 is 33.4 Å². The van der Waals surface area contributed by atoms with E-state index in [1.54, 1.807) is 28.8 Å². The molecule has 7 nitrogen and oxygen atoms in total. The highest BCUT2D eigenvalue weighted by atomic mass is 32.2. The van der Waals surface area contributed by atoms with E-state index in [2.05, 4.69) is 27.0 Å². The van der Waals surface area contributed by atoms with Gasteiger partial charge in [0.1, 0.15) is 6.04 Å². The van der Waals surface area contributed by atoms with Gasteiger partial charge in [0.2, 0.25) is 17.7 Å². The Hall–Kier alpha value is -2.58. The maximum absolute atomic E-state index is 15.0. The lowest BCUT2D eigenvalue weighted by Gasteiger charge is -2.43. The molecule has 2 unspecified atom stereocenters. The van der Waals surface area contributed by atoms with Gasteiger partial charge in [0.05, 0.1) is 29.2 Å². The Balaban J connectivity index is 1.58. The first-order valence-corrected chi connectivity index (χ1v) is 17.5. The third-order valence-electron chi connectivity index (χ3n) is 11.1. The summed E-state index contributed by atoms with van der Waals surface area (Å²) in [5.74, 6) is -1.40. The number of aliphatic hydroxyl groups is 1. The molecule has 1 saturated carbocycles. The Kier molecular flexibility index (Phi) is 10.0. The maximum atomic E-state index is 15.0. The Morgan fingerprint density at radius 3 is 2.39 bits per heavy atom. The molecule has 7 atom stereocenters. The fourth-order valence-electron chi connectivity index (χ4n) is 8.69. The highest BCUT2D eigenvalue weighted by Crippen LogP contribution is 2.72. The summed E-state index contributed by atoms with van der Waals surface area (Å²) in [4.78, 5) is 50.1. The second-order valence-electron chi connectivity index (χ2n) is 13.7. The molecule has 44 heavy (non-hydrogen) atoms. The van der Waals surface area contributed by atoms with Crippen molar-refractivity contribution >= 4 is 29.5 Å². The van der Waals surface area contributed by atoms with Gasteiger partial charge in [-0.25, -0.2) is 0 Å². The number of likely N-dealkylation sites (tertiary alicyclic amines) is 1. The average Bonchev–Trinajstić information content (AvgIpc) is 3.61. The van der Waals surface area contributed by atoms with E-state index >= 15 is 0 Å². The summed E-state index contributed by atoms with van der Waals surface area (Å²) in [5.41, 5.74) is 1.02. The monoisotopic (exact) mass is 621 g/mol. The molecule has 0 aromatic heterocycles. The Morgan fingerprint density at radius 2 is 1.77 bits per heavy atom. The SMILES string of the molecule is C=CCN(Cc1ccccc1)C(=O)[C@H]1[C@H]2C(=O)N([C@@H](CO)[C@@H](C)CC)C(C(=O)N(CC=C)C3CCCCC3)C23CC[C@]1(C)S3. The standard InChI is InChI=1S/C36H51N3O4S/c1-6-21-37(23-26-15-11-9-12-16-26)32(41)29-30-33(42)39(28(24-40)25(4)8-3)31(36(30)20-19-35(29,5)44-36)34(43)38(22-7-2)27-17-13-10-14-18-27/h6-7,9,11-12,15-16,25,27-31,40H,1-2,8,10,13-14,17-24H2,3-5H3/t25-,28-,29+,30-,31?,35-,36?/m0/s1. The maximum Gasteiger partial charge on any atom is 0.247 e. The van der Waals surface area contributed by atoms with E-state index in [-0.39, 0.29) is 36.3 Å². The number of amides is 3. The van der Waals surface area contributed by atoms with Gasteiger partial charge in [0.25, 0.3) is 0 Å². The van der Waals surface area contributed by atoms with Gasteiger partial charge in [0, 0.05) is 30.4 Å². The highest BCUT2D eigenvalue weighted by molar-refractivity contribution is 8.02. The largest absolute Gasteiger partial charge is 0.394 e. The minimum absolute atomic E-state index is 0.000653. The lowest BCUT2D eigenvalue weighted by molar-refractivity contribution is -0.149. The minimum Gasteiger partial charge on any atom is -0.394 e. The first kappa shape index (κ1) is 32.8. The number of nitrogens with zero attached hydrogens (tertiary/aromatic N) is 3. The van der Waals surface area contributed by atoms with Gasteiger partial charge in [-0.05, 0) is 44.1 Å². The quantitative estimate of drug-likeness (QED) is 0.297. The molecule has 1 aromatic carbocycles. The summed E-state index contributed by atoms with van der Waals surface area (Å²) < 4.78 is -1.18. The third kappa shape index (κ3) is 5.55. The third-order valence-corrected chi connectivity index (χ3v) is 13.0. The first-order valence-electron chi connectivity index (χ1n) is 16.7. The van der Waals surface area contributed by atoms with Gasteiger partial charge in [0.15, 0.2) is 0 Å². The van der Waals surface area contributed by atoms with E-state index in [4.69, 9.17) is 0 Å². The molecule has 3 saturated heterocycles. The van der Waals surface area contributed by atoms with E-state index in [1.807, 2.05) is 47.1 Å². The van der Waals surface area contributed by atoms with Gasteiger partial charge in [-0.3, -0.25) is 14.4 Å². The summed E-state index contributed by atoms with van der Waals surface area (Å²) in [7, 11) is 0. The van der Waals surface area contributed by atoms with Crippen LogP contribution in [0.4, 0.5) is 0 Å². The van der Waals surface area contributed by atoms with Crippen LogP contribution in [-0.2, 0) is 20.9 Å². The number of fused-ring (bicyclic) bond motifs is 1. The van der Waals surface area contributed by atoms with Crippen LogP contribution in [0.1, 0.15) is 77.7 Å². The summed E-state index contributed by atoms with van der Waals surface area (Å²) in [6.07, 6.45) is 11.0. The van der Waals surface area contributed by atoms with Crippen molar-refractivity contribution in [2.45, 2.75) is 106 Å². The molecular formula is C36H51N3O4S. The first-order chi connectivity index (χ1) is 21.2. The zero-order chi connectivity index (χ0) is 31.6. The number of aliphatic hydroxyl groups excluding tert-OH is 1. The van der Waals surface area contributed by atoms with Crippen molar-refractivity contribution in [3.05, 3.63) is 61.2 Å². The Labute approximate surface area is 268 Å². The molecule has 4 fully saturated rings. The number of carbonyl (C=O) groups excluding carboxylic acids is 3. The van der Waals surface area contributed by atoms with Crippen molar-refractivity contribution in [2.24, 2.45) is 17.8 Å². The zero-order valence-corrected chi connectivity index (χ0v) is 27.6. The van der Waals surface area contributed by atoms with Gasteiger partial charge in [-0.2, -0.15) is 0 Å². The molecule has 8 heteroatoms. The summed E-state index contributed by atoms with van der Waals surface area (Å²) >= 11 is 1.71. The zero-order valence-electron chi connectivity index (χ0n) is 26.8. The molecule has 1 N–H and O–H groups in total. The smallest absolute Gasteiger partial charge is 0.247 e. The van der Waals surface area contributed by atoms with Crippen molar-refractivity contribution in [1.29, 1.82) is 0 Å². The van der Waals surface area contributed by atoms with Gasteiger partial charge in [-0.15, -0.1) is 24.9 Å². The van der Waals surface area contributed by atoms with E-state index in [1.165, 1.54) is 6.42 Å². The molecule has 2 bridgehead atoms. The van der Waals surface area contributed by atoms with Crippen LogP contribution in [0.25, 0.3) is 0 Å². The van der Waals surface area contributed by atoms with Gasteiger partial charge >= 0.3 is 0 Å². The number of benzene rings is 1. The van der Waals surface area contributed by atoms with Gasteiger partial charge < -0.3 is 19.8 Å². The van der Waals surface area contributed by atoms with Crippen LogP contribution in [0.15, 0.2) is 55.6 Å². The van der Waals surface area contributed by atoms with Crippen molar-refractivity contribution < 1.29 is 19.5 Å². The molecule has 1 spiro atoms. The van der Waals surface area contributed by atoms with Crippen LogP contribution in [0.5, 0.6) is 0 Å². The van der Waals surface area contributed by atoms with E-state index in [0.29, 0.717) is 26.1 Å². The number of hydrogen-bond donors (Lipinski definition) is 1. The molecule has 1 aromatic rings. The highest BCUT2D eigenvalue weighted by Gasteiger charge is 2.78. The van der Waals surface area contributed by atoms with Crippen molar-refractivity contribution in [3.8, 4) is 0 Å². The van der Waals surface area contributed by atoms with Gasteiger partial charge in [-0.1, -0.05) is 82.0 Å². The molecule has 240 valence electrons. The lowest BCUT2D eigenvalue weighted by Crippen LogP contribution is -2.60. The summed E-state index contributed by atoms with van der Waals surface area (Å²) in [6, 6.07) is 8.82. The Morgan fingerprint density at radius 1 is 1.09 bits per heavy atom. The second-order valence-corrected chi connectivity index (χ2v) is 15.6. The summed E-state index contributed by atoms with van der Waals surface area (Å²) in [5, 5.41) is 10.7. The van der Waals surface area contributed by atoms with Crippen molar-refractivity contribution in [2.75, 3.05) is 19.7 Å². The number of rotatable bonds is 13. The van der Waals surface area contributed by atoms with Crippen LogP contribution < -0.4 is 0 Å². The number of thioether (sulfide) groups is 1. The molecule has 5 rings (SSSR count). The Bertz CT molecular complexity index is 1230. The van der Waals surface area contributed by atoms with E-state index in [9.17, 15) is 19.5 Å². The fourth-order valence-corrected chi connectivity index (χ4v) is 11.0. The normalized spacial score (nSPS) is 31.0. The lowest BCUT2D eigenvalue weighted by atomic mass is 9.66. The predicted molar refractivity (Wildman–Crippen MR) is 177 cm³/mol. The molecule has 3 aliphatic heterocycles. The molecule has 1 aliphatic carbocycles. The van der Waals surface area contributed by atoms with E-state index in [0.717, 1.165) is 44.1 Å². The van der Waals surface area contributed by atoms with Crippen LogP contribution >= 0.6 is 11.8 Å². The molecule has 0 radical (unpaired) electrons. The fraction of sp³-hybridized carbons (Fsp3) is 0.639. The van der Waals surface area contributed by atoms with Crippen LogP contribution in [0, 0.1) is 17.8 Å². The predicted octanol–water partition coefficient (Wildman–Crippen LogP) is 5.44. The topological polar surface area (TPSA) is 81.2 Å². The average molecular weight is 622 g/mol.